The monoisotopic (exact) mass is 276 g/mol. The molecule has 2 aliphatic carbocycles. The molecule has 0 aromatic carbocycles. The largest absolute Gasteiger partial charge is 0.395 e. The van der Waals surface area contributed by atoms with Crippen molar-refractivity contribution < 1.29 is 9.90 Å². The predicted octanol–water partition coefficient (Wildman–Crippen LogP) is 2.59. The summed E-state index contributed by atoms with van der Waals surface area (Å²) in [6, 6.07) is 4.72. The summed E-state index contributed by atoms with van der Waals surface area (Å²) < 4.78 is 2.14. The molecule has 2 saturated carbocycles. The van der Waals surface area contributed by atoms with Crippen molar-refractivity contribution >= 4 is 5.91 Å². The van der Waals surface area contributed by atoms with Crippen LogP contribution in [0.4, 0.5) is 0 Å². The number of rotatable bonds is 5. The van der Waals surface area contributed by atoms with Gasteiger partial charge in [-0.15, -0.1) is 0 Å². The van der Waals surface area contributed by atoms with Crippen molar-refractivity contribution in [3.05, 3.63) is 24.0 Å². The molecule has 0 saturated heterocycles. The highest BCUT2D eigenvalue weighted by molar-refractivity contribution is 5.93. The van der Waals surface area contributed by atoms with Crippen molar-refractivity contribution in [3.63, 3.8) is 0 Å². The first-order chi connectivity index (χ1) is 9.81. The van der Waals surface area contributed by atoms with Crippen LogP contribution in [0.25, 0.3) is 0 Å². The maximum absolute atomic E-state index is 12.8. The Morgan fingerprint density at radius 3 is 2.60 bits per heavy atom. The standard InChI is InChI=1S/C16H24N2O2/c19-12-11-18(14-5-1-2-6-14)16(20)15-9-4-10-17(15)13-7-3-8-13/h4,9-10,13-14,19H,1-3,5-8,11-12H2. The van der Waals surface area contributed by atoms with Gasteiger partial charge in [0.15, 0.2) is 0 Å². The number of aliphatic hydroxyl groups is 1. The van der Waals surface area contributed by atoms with E-state index in [9.17, 15) is 9.90 Å². The van der Waals surface area contributed by atoms with Crippen LogP contribution in [0.1, 0.15) is 61.5 Å². The fraction of sp³-hybridized carbons (Fsp3) is 0.688. The summed E-state index contributed by atoms with van der Waals surface area (Å²) in [6.45, 7) is 0.506. The van der Waals surface area contributed by atoms with E-state index in [2.05, 4.69) is 4.57 Å². The first-order valence-electron chi connectivity index (χ1n) is 7.90. The average molecular weight is 276 g/mol. The molecule has 1 heterocycles. The Morgan fingerprint density at radius 1 is 1.25 bits per heavy atom. The molecule has 1 amide bonds. The van der Waals surface area contributed by atoms with Gasteiger partial charge in [-0.3, -0.25) is 4.79 Å². The minimum Gasteiger partial charge on any atom is -0.395 e. The van der Waals surface area contributed by atoms with Gasteiger partial charge < -0.3 is 14.6 Å². The molecule has 2 aliphatic rings. The number of amides is 1. The van der Waals surface area contributed by atoms with E-state index in [0.29, 0.717) is 18.6 Å². The molecular weight excluding hydrogens is 252 g/mol. The summed E-state index contributed by atoms with van der Waals surface area (Å²) in [6.07, 6.45) is 10.2. The molecule has 0 aliphatic heterocycles. The zero-order valence-electron chi connectivity index (χ0n) is 12.0. The smallest absolute Gasteiger partial charge is 0.270 e. The molecule has 2 fully saturated rings. The summed E-state index contributed by atoms with van der Waals surface area (Å²) in [7, 11) is 0. The lowest BCUT2D eigenvalue weighted by atomic mass is 9.93. The molecule has 4 nitrogen and oxygen atoms in total. The maximum Gasteiger partial charge on any atom is 0.270 e. The molecule has 0 bridgehead atoms. The van der Waals surface area contributed by atoms with Gasteiger partial charge in [0.1, 0.15) is 5.69 Å². The summed E-state index contributed by atoms with van der Waals surface area (Å²) in [5, 5.41) is 9.28. The van der Waals surface area contributed by atoms with Crippen molar-refractivity contribution in [2.24, 2.45) is 0 Å². The Bertz CT molecular complexity index is 459. The average Bonchev–Trinajstić information content (AvgIpc) is 3.04. The highest BCUT2D eigenvalue weighted by Crippen LogP contribution is 2.33. The van der Waals surface area contributed by atoms with Crippen LogP contribution < -0.4 is 0 Å². The van der Waals surface area contributed by atoms with Crippen molar-refractivity contribution in [1.29, 1.82) is 0 Å². The van der Waals surface area contributed by atoms with Crippen molar-refractivity contribution in [3.8, 4) is 0 Å². The summed E-state index contributed by atoms with van der Waals surface area (Å²) in [4.78, 5) is 14.7. The minimum atomic E-state index is 0.0480. The third-order valence-corrected chi connectivity index (χ3v) is 4.83. The van der Waals surface area contributed by atoms with E-state index in [-0.39, 0.29) is 12.5 Å². The van der Waals surface area contributed by atoms with Crippen LogP contribution in [0.15, 0.2) is 18.3 Å². The predicted molar refractivity (Wildman–Crippen MR) is 77.7 cm³/mol. The topological polar surface area (TPSA) is 45.5 Å². The van der Waals surface area contributed by atoms with E-state index in [4.69, 9.17) is 0 Å². The lowest BCUT2D eigenvalue weighted by Gasteiger charge is -2.32. The molecule has 1 aromatic heterocycles. The zero-order chi connectivity index (χ0) is 13.9. The van der Waals surface area contributed by atoms with Crippen molar-refractivity contribution in [2.75, 3.05) is 13.2 Å². The summed E-state index contributed by atoms with van der Waals surface area (Å²) in [5.74, 6) is 0.0999. The van der Waals surface area contributed by atoms with Crippen LogP contribution in [0.2, 0.25) is 0 Å². The van der Waals surface area contributed by atoms with E-state index in [0.717, 1.165) is 18.5 Å². The Kier molecular flexibility index (Phi) is 4.10. The highest BCUT2D eigenvalue weighted by Gasteiger charge is 2.30. The van der Waals surface area contributed by atoms with Crippen LogP contribution in [0.3, 0.4) is 0 Å². The van der Waals surface area contributed by atoms with E-state index in [1.54, 1.807) is 0 Å². The molecule has 4 heteroatoms. The summed E-state index contributed by atoms with van der Waals surface area (Å²) in [5.41, 5.74) is 0.801. The third-order valence-electron chi connectivity index (χ3n) is 4.83. The van der Waals surface area contributed by atoms with Gasteiger partial charge in [0.25, 0.3) is 5.91 Å². The molecule has 0 atom stereocenters. The van der Waals surface area contributed by atoms with Crippen molar-refractivity contribution in [2.45, 2.75) is 57.0 Å². The van der Waals surface area contributed by atoms with Gasteiger partial charge in [-0.2, -0.15) is 0 Å². The number of aliphatic hydroxyl groups excluding tert-OH is 1. The normalized spacial score (nSPS) is 20.1. The molecule has 110 valence electrons. The molecule has 0 radical (unpaired) electrons. The van der Waals surface area contributed by atoms with Gasteiger partial charge in [-0.05, 0) is 44.2 Å². The van der Waals surface area contributed by atoms with Crippen LogP contribution in [0.5, 0.6) is 0 Å². The van der Waals surface area contributed by atoms with Crippen LogP contribution in [-0.2, 0) is 0 Å². The SMILES string of the molecule is O=C(c1cccn1C1CCC1)N(CCO)C1CCCC1. The first-order valence-corrected chi connectivity index (χ1v) is 7.90. The molecule has 1 N–H and O–H groups in total. The van der Waals surface area contributed by atoms with Crippen LogP contribution in [0, 0.1) is 0 Å². The lowest BCUT2D eigenvalue weighted by molar-refractivity contribution is 0.0621. The lowest BCUT2D eigenvalue weighted by Crippen LogP contribution is -2.42. The number of hydrogen-bond donors (Lipinski definition) is 1. The van der Waals surface area contributed by atoms with Gasteiger partial charge in [0.2, 0.25) is 0 Å². The second-order valence-electron chi connectivity index (χ2n) is 6.05. The molecule has 0 spiro atoms. The van der Waals surface area contributed by atoms with Crippen molar-refractivity contribution in [1.82, 2.24) is 9.47 Å². The Morgan fingerprint density at radius 2 is 2.00 bits per heavy atom. The maximum atomic E-state index is 12.8. The van der Waals surface area contributed by atoms with E-state index < -0.39 is 0 Å². The van der Waals surface area contributed by atoms with Gasteiger partial charge in [0, 0.05) is 24.8 Å². The molecular formula is C16H24N2O2. The van der Waals surface area contributed by atoms with Crippen LogP contribution in [-0.4, -0.2) is 39.7 Å². The molecule has 20 heavy (non-hydrogen) atoms. The third kappa shape index (κ3) is 2.49. The quantitative estimate of drug-likeness (QED) is 0.898. The number of nitrogens with zero attached hydrogens (tertiary/aromatic N) is 2. The van der Waals surface area contributed by atoms with Gasteiger partial charge in [0.05, 0.1) is 6.61 Å². The highest BCUT2D eigenvalue weighted by atomic mass is 16.3. The Labute approximate surface area is 120 Å². The van der Waals surface area contributed by atoms with E-state index in [1.807, 2.05) is 23.2 Å². The Hall–Kier alpha value is -1.29. The minimum absolute atomic E-state index is 0.0480. The molecule has 0 unspecified atom stereocenters. The second-order valence-corrected chi connectivity index (χ2v) is 6.05. The number of carbonyl (C=O) groups is 1. The van der Waals surface area contributed by atoms with Gasteiger partial charge in [-0.25, -0.2) is 0 Å². The second kappa shape index (κ2) is 6.00. The summed E-state index contributed by atoms with van der Waals surface area (Å²) >= 11 is 0. The van der Waals surface area contributed by atoms with Crippen LogP contribution >= 0.6 is 0 Å². The molecule has 1 aromatic rings. The number of hydrogen-bond acceptors (Lipinski definition) is 2. The fourth-order valence-electron chi connectivity index (χ4n) is 3.48. The number of carbonyl (C=O) groups excluding carboxylic acids is 1. The van der Waals surface area contributed by atoms with E-state index >= 15 is 0 Å². The first kappa shape index (κ1) is 13.7. The fourth-order valence-corrected chi connectivity index (χ4v) is 3.48. The molecule has 3 rings (SSSR count). The zero-order valence-corrected chi connectivity index (χ0v) is 12.0. The van der Waals surface area contributed by atoms with Gasteiger partial charge in [-0.1, -0.05) is 12.8 Å². The Balaban J connectivity index is 1.79. The number of aromatic nitrogens is 1. The van der Waals surface area contributed by atoms with Gasteiger partial charge >= 0.3 is 0 Å². The van der Waals surface area contributed by atoms with E-state index in [1.165, 1.54) is 32.1 Å².